The molecule has 0 atom stereocenters. The fourth-order valence-corrected chi connectivity index (χ4v) is 2.92. The van der Waals surface area contributed by atoms with Crippen LogP contribution >= 0.6 is 0 Å². The Morgan fingerprint density at radius 3 is 2.16 bits per heavy atom. The molecule has 0 spiro atoms. The molecule has 1 amide bonds. The van der Waals surface area contributed by atoms with E-state index in [4.69, 9.17) is 5.11 Å². The van der Waals surface area contributed by atoms with Crippen molar-refractivity contribution in [3.63, 3.8) is 0 Å². The predicted octanol–water partition coefficient (Wildman–Crippen LogP) is 0.428. The van der Waals surface area contributed by atoms with Crippen LogP contribution in [0.3, 0.4) is 0 Å². The van der Waals surface area contributed by atoms with Crippen LogP contribution in [0.15, 0.2) is 0 Å². The van der Waals surface area contributed by atoms with E-state index in [1.807, 2.05) is 0 Å². The van der Waals surface area contributed by atoms with Gasteiger partial charge < -0.3 is 10.4 Å². The molecule has 110 valence electrons. The molecule has 0 aromatic heterocycles. The van der Waals surface area contributed by atoms with Crippen LogP contribution in [0.1, 0.15) is 32.6 Å². The quantitative estimate of drug-likeness (QED) is 0.739. The summed E-state index contributed by atoms with van der Waals surface area (Å²) in [5, 5.41) is 11.5. The number of aliphatic carboxylic acids is 1. The van der Waals surface area contributed by atoms with Crippen LogP contribution in [0.2, 0.25) is 0 Å². The third-order valence-corrected chi connectivity index (χ3v) is 5.31. The van der Waals surface area contributed by atoms with Gasteiger partial charge in [-0.3, -0.25) is 9.59 Å². The molecule has 0 unspecified atom stereocenters. The van der Waals surface area contributed by atoms with Crippen LogP contribution in [0.25, 0.3) is 0 Å². The minimum absolute atomic E-state index is 0.0420. The minimum atomic E-state index is -3.06. The lowest BCUT2D eigenvalue weighted by Gasteiger charge is -2.25. The van der Waals surface area contributed by atoms with Gasteiger partial charge in [0.05, 0.1) is 11.7 Å². The van der Waals surface area contributed by atoms with Crippen LogP contribution in [0.4, 0.5) is 0 Å². The van der Waals surface area contributed by atoms with E-state index in [2.05, 4.69) is 5.32 Å². The second kappa shape index (κ2) is 6.88. The van der Waals surface area contributed by atoms with Crippen LogP contribution in [0.5, 0.6) is 0 Å². The molecule has 0 heterocycles. The van der Waals surface area contributed by atoms with Gasteiger partial charge in [0.1, 0.15) is 0 Å². The molecule has 1 fully saturated rings. The third kappa shape index (κ3) is 5.18. The summed E-state index contributed by atoms with van der Waals surface area (Å²) in [6.45, 7) is 1.71. The van der Waals surface area contributed by atoms with E-state index < -0.39 is 15.8 Å². The SMILES string of the molecule is CCS(=O)(=O)CCNC(=O)C1CCC(C(=O)O)CC1. The van der Waals surface area contributed by atoms with Crippen molar-refractivity contribution in [3.05, 3.63) is 0 Å². The number of sulfone groups is 1. The molecule has 0 aliphatic heterocycles. The number of carboxylic acid groups (broad SMARTS) is 1. The first-order chi connectivity index (χ1) is 8.85. The number of rotatable bonds is 6. The average Bonchev–Trinajstić information content (AvgIpc) is 2.38. The van der Waals surface area contributed by atoms with Gasteiger partial charge in [0.15, 0.2) is 9.84 Å². The minimum Gasteiger partial charge on any atom is -0.481 e. The number of nitrogens with one attached hydrogen (secondary N) is 1. The Morgan fingerprint density at radius 2 is 1.68 bits per heavy atom. The number of amides is 1. The summed E-state index contributed by atoms with van der Waals surface area (Å²) in [7, 11) is -3.06. The molecular formula is C12H21NO5S. The molecule has 0 aromatic rings. The van der Waals surface area contributed by atoms with Crippen LogP contribution < -0.4 is 5.32 Å². The molecule has 0 aromatic carbocycles. The predicted molar refractivity (Wildman–Crippen MR) is 70.4 cm³/mol. The first-order valence-electron chi connectivity index (χ1n) is 6.56. The maximum absolute atomic E-state index is 11.8. The Kier molecular flexibility index (Phi) is 5.78. The van der Waals surface area contributed by atoms with Crippen LogP contribution in [0, 0.1) is 11.8 Å². The molecule has 1 aliphatic rings. The van der Waals surface area contributed by atoms with E-state index in [1.54, 1.807) is 6.92 Å². The lowest BCUT2D eigenvalue weighted by Crippen LogP contribution is -2.36. The van der Waals surface area contributed by atoms with E-state index in [0.29, 0.717) is 25.7 Å². The second-order valence-electron chi connectivity index (χ2n) is 4.91. The fraction of sp³-hybridized carbons (Fsp3) is 0.833. The van der Waals surface area contributed by atoms with Crippen LogP contribution in [-0.2, 0) is 19.4 Å². The van der Waals surface area contributed by atoms with Gasteiger partial charge in [-0.1, -0.05) is 6.92 Å². The molecular weight excluding hydrogens is 270 g/mol. The molecule has 2 N–H and O–H groups in total. The fourth-order valence-electron chi connectivity index (χ4n) is 2.22. The van der Waals surface area contributed by atoms with Crippen molar-refractivity contribution in [1.29, 1.82) is 0 Å². The van der Waals surface area contributed by atoms with E-state index in [-0.39, 0.29) is 35.8 Å². The topological polar surface area (TPSA) is 101 Å². The molecule has 1 aliphatic carbocycles. The summed E-state index contributed by atoms with van der Waals surface area (Å²) in [6, 6.07) is 0. The highest BCUT2D eigenvalue weighted by Gasteiger charge is 2.29. The second-order valence-corrected chi connectivity index (χ2v) is 7.39. The highest BCUT2D eigenvalue weighted by atomic mass is 32.2. The smallest absolute Gasteiger partial charge is 0.306 e. The Hall–Kier alpha value is -1.11. The maximum atomic E-state index is 11.8. The van der Waals surface area contributed by atoms with E-state index in [1.165, 1.54) is 0 Å². The summed E-state index contributed by atoms with van der Waals surface area (Å²) in [5.74, 6) is -1.45. The summed E-state index contributed by atoms with van der Waals surface area (Å²) < 4.78 is 22.5. The largest absolute Gasteiger partial charge is 0.481 e. The monoisotopic (exact) mass is 291 g/mol. The summed E-state index contributed by atoms with van der Waals surface area (Å²) in [5.41, 5.74) is 0. The molecule has 0 bridgehead atoms. The molecule has 7 heteroatoms. The summed E-state index contributed by atoms with van der Waals surface area (Å²) >= 11 is 0. The first kappa shape index (κ1) is 15.9. The standard InChI is InChI=1S/C12H21NO5S/c1-2-19(17,18)8-7-13-11(14)9-3-5-10(6-4-9)12(15)16/h9-10H,2-8H2,1H3,(H,13,14)(H,15,16). The zero-order chi connectivity index (χ0) is 14.5. The van der Waals surface area contributed by atoms with Crippen molar-refractivity contribution in [2.24, 2.45) is 11.8 Å². The van der Waals surface area contributed by atoms with Crippen molar-refractivity contribution in [1.82, 2.24) is 5.32 Å². The zero-order valence-electron chi connectivity index (χ0n) is 11.1. The summed E-state index contributed by atoms with van der Waals surface area (Å²) in [6.07, 6.45) is 2.15. The number of carbonyl (C=O) groups excluding carboxylic acids is 1. The Bertz CT molecular complexity index is 423. The van der Waals surface area contributed by atoms with Gasteiger partial charge >= 0.3 is 5.97 Å². The van der Waals surface area contributed by atoms with E-state index in [0.717, 1.165) is 0 Å². The van der Waals surface area contributed by atoms with Crippen molar-refractivity contribution in [2.75, 3.05) is 18.1 Å². The van der Waals surface area contributed by atoms with E-state index in [9.17, 15) is 18.0 Å². The van der Waals surface area contributed by atoms with E-state index >= 15 is 0 Å². The first-order valence-corrected chi connectivity index (χ1v) is 8.38. The molecule has 19 heavy (non-hydrogen) atoms. The highest BCUT2D eigenvalue weighted by Crippen LogP contribution is 2.28. The lowest BCUT2D eigenvalue weighted by atomic mass is 9.81. The molecule has 0 saturated heterocycles. The molecule has 0 radical (unpaired) electrons. The van der Waals surface area contributed by atoms with Gasteiger partial charge in [0.2, 0.25) is 5.91 Å². The Balaban J connectivity index is 2.30. The Morgan fingerprint density at radius 1 is 1.16 bits per heavy atom. The third-order valence-electron chi connectivity index (χ3n) is 3.60. The molecule has 1 rings (SSSR count). The molecule has 6 nitrogen and oxygen atoms in total. The van der Waals surface area contributed by atoms with Gasteiger partial charge in [-0.25, -0.2) is 8.42 Å². The number of carboxylic acids is 1. The van der Waals surface area contributed by atoms with Gasteiger partial charge in [-0.2, -0.15) is 0 Å². The highest BCUT2D eigenvalue weighted by molar-refractivity contribution is 7.91. The van der Waals surface area contributed by atoms with Crippen LogP contribution in [-0.4, -0.2) is 43.5 Å². The lowest BCUT2D eigenvalue weighted by molar-refractivity contribution is -0.144. The molecule has 1 saturated carbocycles. The number of hydrogen-bond donors (Lipinski definition) is 2. The Labute approximate surface area is 113 Å². The average molecular weight is 291 g/mol. The van der Waals surface area contributed by atoms with Gasteiger partial charge in [0.25, 0.3) is 0 Å². The summed E-state index contributed by atoms with van der Waals surface area (Å²) in [4.78, 5) is 22.6. The van der Waals surface area contributed by atoms with Crippen molar-refractivity contribution >= 4 is 21.7 Å². The van der Waals surface area contributed by atoms with Gasteiger partial charge in [0, 0.05) is 18.2 Å². The maximum Gasteiger partial charge on any atom is 0.306 e. The van der Waals surface area contributed by atoms with Crippen molar-refractivity contribution in [2.45, 2.75) is 32.6 Å². The number of carbonyl (C=O) groups is 2. The van der Waals surface area contributed by atoms with Gasteiger partial charge in [-0.05, 0) is 25.7 Å². The zero-order valence-corrected chi connectivity index (χ0v) is 11.9. The van der Waals surface area contributed by atoms with Gasteiger partial charge in [-0.15, -0.1) is 0 Å². The van der Waals surface area contributed by atoms with Crippen molar-refractivity contribution in [3.8, 4) is 0 Å². The normalized spacial score (nSPS) is 23.8. The number of hydrogen-bond acceptors (Lipinski definition) is 4. The van der Waals surface area contributed by atoms with Crippen molar-refractivity contribution < 1.29 is 23.1 Å².